The predicted molar refractivity (Wildman–Crippen MR) is 77.3 cm³/mol. The monoisotopic (exact) mass is 272 g/mol. The Morgan fingerprint density at radius 3 is 3.00 bits per heavy atom. The summed E-state index contributed by atoms with van der Waals surface area (Å²) in [5.74, 6) is 0.949. The molecule has 0 aliphatic carbocycles. The number of fused-ring (bicyclic) bond motifs is 1. The average molecular weight is 272 g/mol. The average Bonchev–Trinajstić information content (AvgIpc) is 3.02. The first-order chi connectivity index (χ1) is 9.25. The molecule has 0 bridgehead atoms. The Kier molecular flexibility index (Phi) is 3.31. The standard InChI is InChI=1S/C14H16N4S/c1-10-6-8-19-12(10)9-15-11(2)14-17-16-13-5-3-4-7-18(13)14/h3-8,11,15H,9H2,1-2H3. The molecule has 0 saturated heterocycles. The quantitative estimate of drug-likeness (QED) is 0.794. The van der Waals surface area contributed by atoms with Crippen LogP contribution in [0.2, 0.25) is 0 Å². The van der Waals surface area contributed by atoms with Gasteiger partial charge in [0.1, 0.15) is 0 Å². The van der Waals surface area contributed by atoms with Gasteiger partial charge in [-0.25, -0.2) is 0 Å². The number of nitrogens with zero attached hydrogens (tertiary/aromatic N) is 3. The molecule has 98 valence electrons. The van der Waals surface area contributed by atoms with Gasteiger partial charge in [0.2, 0.25) is 0 Å². The van der Waals surface area contributed by atoms with Crippen molar-refractivity contribution in [3.8, 4) is 0 Å². The summed E-state index contributed by atoms with van der Waals surface area (Å²) in [5.41, 5.74) is 2.23. The van der Waals surface area contributed by atoms with Crippen LogP contribution in [0.15, 0.2) is 35.8 Å². The van der Waals surface area contributed by atoms with Crippen LogP contribution in [-0.4, -0.2) is 14.6 Å². The van der Waals surface area contributed by atoms with Gasteiger partial charge in [-0.15, -0.1) is 21.5 Å². The van der Waals surface area contributed by atoms with Crippen LogP contribution < -0.4 is 5.32 Å². The first kappa shape index (κ1) is 12.3. The maximum Gasteiger partial charge on any atom is 0.160 e. The summed E-state index contributed by atoms with van der Waals surface area (Å²) >= 11 is 1.79. The van der Waals surface area contributed by atoms with E-state index in [1.54, 1.807) is 11.3 Å². The van der Waals surface area contributed by atoms with Gasteiger partial charge < -0.3 is 5.32 Å². The van der Waals surface area contributed by atoms with Crippen molar-refractivity contribution in [3.63, 3.8) is 0 Å². The lowest BCUT2D eigenvalue weighted by atomic mass is 10.2. The first-order valence-electron chi connectivity index (χ1n) is 6.31. The van der Waals surface area contributed by atoms with Crippen molar-refractivity contribution < 1.29 is 0 Å². The Labute approximate surface area is 116 Å². The topological polar surface area (TPSA) is 42.2 Å². The zero-order chi connectivity index (χ0) is 13.2. The molecule has 0 aromatic carbocycles. The number of aromatic nitrogens is 3. The lowest BCUT2D eigenvalue weighted by molar-refractivity contribution is 0.544. The molecule has 0 spiro atoms. The number of thiophene rings is 1. The fourth-order valence-corrected chi connectivity index (χ4v) is 2.93. The van der Waals surface area contributed by atoms with Gasteiger partial charge in [0.25, 0.3) is 0 Å². The van der Waals surface area contributed by atoms with Gasteiger partial charge in [-0.05, 0) is 43.0 Å². The molecule has 1 atom stereocenters. The summed E-state index contributed by atoms with van der Waals surface area (Å²) in [4.78, 5) is 1.38. The second kappa shape index (κ2) is 5.11. The van der Waals surface area contributed by atoms with Crippen molar-refractivity contribution in [1.82, 2.24) is 19.9 Å². The van der Waals surface area contributed by atoms with Crippen molar-refractivity contribution in [2.75, 3.05) is 0 Å². The molecule has 4 nitrogen and oxygen atoms in total. The largest absolute Gasteiger partial charge is 0.303 e. The van der Waals surface area contributed by atoms with Gasteiger partial charge in [-0.3, -0.25) is 4.40 Å². The van der Waals surface area contributed by atoms with E-state index in [-0.39, 0.29) is 6.04 Å². The van der Waals surface area contributed by atoms with Crippen molar-refractivity contribution >= 4 is 17.0 Å². The Bertz CT molecular complexity index is 685. The Hall–Kier alpha value is -1.72. The Morgan fingerprint density at radius 2 is 2.21 bits per heavy atom. The number of nitrogens with one attached hydrogen (secondary N) is 1. The van der Waals surface area contributed by atoms with E-state index in [4.69, 9.17) is 0 Å². The van der Waals surface area contributed by atoms with E-state index in [1.165, 1.54) is 10.4 Å². The maximum atomic E-state index is 4.27. The van der Waals surface area contributed by atoms with E-state index < -0.39 is 0 Å². The van der Waals surface area contributed by atoms with Crippen LogP contribution in [0.25, 0.3) is 5.65 Å². The molecule has 3 aromatic rings. The number of rotatable bonds is 4. The van der Waals surface area contributed by atoms with Gasteiger partial charge >= 0.3 is 0 Å². The summed E-state index contributed by atoms with van der Waals surface area (Å²) < 4.78 is 2.03. The van der Waals surface area contributed by atoms with Gasteiger partial charge in [-0.1, -0.05) is 6.07 Å². The van der Waals surface area contributed by atoms with E-state index in [0.717, 1.165) is 18.0 Å². The first-order valence-corrected chi connectivity index (χ1v) is 7.19. The smallest absolute Gasteiger partial charge is 0.160 e. The molecule has 0 aliphatic rings. The van der Waals surface area contributed by atoms with Crippen molar-refractivity contribution in [1.29, 1.82) is 0 Å². The molecular weight excluding hydrogens is 256 g/mol. The Balaban J connectivity index is 1.77. The Morgan fingerprint density at radius 1 is 1.32 bits per heavy atom. The minimum atomic E-state index is 0.166. The highest BCUT2D eigenvalue weighted by atomic mass is 32.1. The summed E-state index contributed by atoms with van der Waals surface area (Å²) in [6.07, 6.45) is 2.00. The van der Waals surface area contributed by atoms with Crippen LogP contribution in [0.4, 0.5) is 0 Å². The fourth-order valence-electron chi connectivity index (χ4n) is 2.08. The van der Waals surface area contributed by atoms with Crippen LogP contribution >= 0.6 is 11.3 Å². The highest BCUT2D eigenvalue weighted by molar-refractivity contribution is 7.10. The summed E-state index contributed by atoms with van der Waals surface area (Å²) in [5, 5.41) is 14.1. The second-order valence-electron chi connectivity index (χ2n) is 4.62. The lowest BCUT2D eigenvalue weighted by Gasteiger charge is -2.11. The maximum absolute atomic E-state index is 4.27. The molecule has 1 N–H and O–H groups in total. The highest BCUT2D eigenvalue weighted by Gasteiger charge is 2.13. The van der Waals surface area contributed by atoms with Crippen LogP contribution in [0.3, 0.4) is 0 Å². The third-order valence-electron chi connectivity index (χ3n) is 3.26. The summed E-state index contributed by atoms with van der Waals surface area (Å²) in [6.45, 7) is 5.13. The molecule has 0 fully saturated rings. The molecule has 0 aliphatic heterocycles. The van der Waals surface area contributed by atoms with E-state index >= 15 is 0 Å². The third kappa shape index (κ3) is 2.39. The van der Waals surface area contributed by atoms with Crippen LogP contribution in [0.1, 0.15) is 29.2 Å². The fraction of sp³-hybridized carbons (Fsp3) is 0.286. The number of aryl methyl sites for hydroxylation is 1. The van der Waals surface area contributed by atoms with Crippen LogP contribution in [0.5, 0.6) is 0 Å². The van der Waals surface area contributed by atoms with Gasteiger partial charge in [0, 0.05) is 17.6 Å². The van der Waals surface area contributed by atoms with Crippen molar-refractivity contribution in [2.45, 2.75) is 26.4 Å². The molecule has 1 unspecified atom stereocenters. The number of hydrogen-bond acceptors (Lipinski definition) is 4. The summed E-state index contributed by atoms with van der Waals surface area (Å²) in [6, 6.07) is 8.25. The van der Waals surface area contributed by atoms with Gasteiger partial charge in [0.05, 0.1) is 6.04 Å². The highest BCUT2D eigenvalue weighted by Crippen LogP contribution is 2.17. The predicted octanol–water partition coefficient (Wildman–Crippen LogP) is 2.95. The molecular formula is C14H16N4S. The van der Waals surface area contributed by atoms with E-state index in [0.29, 0.717) is 0 Å². The molecule has 0 amide bonds. The normalized spacial score (nSPS) is 12.9. The number of hydrogen-bond donors (Lipinski definition) is 1. The molecule has 19 heavy (non-hydrogen) atoms. The molecule has 0 radical (unpaired) electrons. The van der Waals surface area contributed by atoms with Gasteiger partial charge in [-0.2, -0.15) is 0 Å². The van der Waals surface area contributed by atoms with E-state index in [9.17, 15) is 0 Å². The third-order valence-corrected chi connectivity index (χ3v) is 4.29. The molecule has 5 heteroatoms. The van der Waals surface area contributed by atoms with E-state index in [2.05, 4.69) is 40.8 Å². The molecule has 3 aromatic heterocycles. The van der Waals surface area contributed by atoms with Gasteiger partial charge in [0.15, 0.2) is 11.5 Å². The zero-order valence-electron chi connectivity index (χ0n) is 11.0. The van der Waals surface area contributed by atoms with Crippen molar-refractivity contribution in [2.24, 2.45) is 0 Å². The minimum absolute atomic E-state index is 0.166. The van der Waals surface area contributed by atoms with E-state index in [1.807, 2.05) is 28.8 Å². The van der Waals surface area contributed by atoms with Crippen LogP contribution in [0, 0.1) is 6.92 Å². The van der Waals surface area contributed by atoms with Crippen molar-refractivity contribution in [3.05, 3.63) is 52.1 Å². The van der Waals surface area contributed by atoms with Crippen LogP contribution in [-0.2, 0) is 6.54 Å². The minimum Gasteiger partial charge on any atom is -0.303 e. The molecule has 3 rings (SSSR count). The molecule has 0 saturated carbocycles. The lowest BCUT2D eigenvalue weighted by Crippen LogP contribution is -2.20. The number of pyridine rings is 1. The molecule has 3 heterocycles. The second-order valence-corrected chi connectivity index (χ2v) is 5.62. The summed E-state index contributed by atoms with van der Waals surface area (Å²) in [7, 11) is 0. The zero-order valence-corrected chi connectivity index (χ0v) is 11.8. The SMILES string of the molecule is Cc1ccsc1CNC(C)c1nnc2ccccn12.